The lowest BCUT2D eigenvalue weighted by Crippen LogP contribution is -2.29. The Morgan fingerprint density at radius 3 is 2.24 bits per heavy atom. The topological polar surface area (TPSA) is 66.8 Å². The van der Waals surface area contributed by atoms with Crippen molar-refractivity contribution in [3.63, 3.8) is 0 Å². The minimum absolute atomic E-state index is 0.0855. The highest BCUT2D eigenvalue weighted by molar-refractivity contribution is 6.51. The van der Waals surface area contributed by atoms with Crippen molar-refractivity contribution in [1.29, 1.82) is 0 Å². The molecule has 4 rings (SSSR count). The Kier molecular flexibility index (Phi) is 6.40. The largest absolute Gasteiger partial charge is 0.507 e. The van der Waals surface area contributed by atoms with Gasteiger partial charge in [0.15, 0.2) is 11.6 Å². The van der Waals surface area contributed by atoms with Gasteiger partial charge >= 0.3 is 0 Å². The Bertz CT molecular complexity index is 1270. The third kappa shape index (κ3) is 4.26. The summed E-state index contributed by atoms with van der Waals surface area (Å²) in [6, 6.07) is 12.9. The molecule has 3 aromatic rings. The molecular formula is C26H20F3NO4. The average Bonchev–Trinajstić information content (AvgIpc) is 3.10. The van der Waals surface area contributed by atoms with Crippen molar-refractivity contribution in [1.82, 2.24) is 0 Å². The van der Waals surface area contributed by atoms with Crippen LogP contribution in [0.2, 0.25) is 0 Å². The van der Waals surface area contributed by atoms with Crippen LogP contribution in [0, 0.1) is 17.5 Å². The van der Waals surface area contributed by atoms with E-state index < -0.39 is 40.9 Å². The van der Waals surface area contributed by atoms with Crippen LogP contribution in [0.4, 0.5) is 18.9 Å². The summed E-state index contributed by atoms with van der Waals surface area (Å²) >= 11 is 0. The van der Waals surface area contributed by atoms with E-state index in [1.165, 1.54) is 24.3 Å². The molecule has 0 spiro atoms. The lowest BCUT2D eigenvalue weighted by molar-refractivity contribution is -0.132. The van der Waals surface area contributed by atoms with E-state index in [0.29, 0.717) is 17.9 Å². The molecule has 174 valence electrons. The maximum Gasteiger partial charge on any atom is 0.300 e. The van der Waals surface area contributed by atoms with Gasteiger partial charge in [0.2, 0.25) is 0 Å². The van der Waals surface area contributed by atoms with Crippen LogP contribution in [0.25, 0.3) is 5.76 Å². The van der Waals surface area contributed by atoms with Crippen LogP contribution in [0.15, 0.2) is 72.3 Å². The quantitative estimate of drug-likeness (QED) is 0.295. The van der Waals surface area contributed by atoms with E-state index in [4.69, 9.17) is 4.74 Å². The predicted octanol–water partition coefficient (Wildman–Crippen LogP) is 5.52. The van der Waals surface area contributed by atoms with E-state index in [2.05, 4.69) is 0 Å². The SMILES string of the molecule is CCCOc1ccc(/C(O)=C2\C(=O)C(=O)N(c3ccc(F)c(F)c3)C2c2ccc(F)cc2)cc1. The highest BCUT2D eigenvalue weighted by Gasteiger charge is 2.47. The molecule has 1 heterocycles. The maximum absolute atomic E-state index is 14.0. The molecule has 1 unspecified atom stereocenters. The van der Waals surface area contributed by atoms with E-state index >= 15 is 0 Å². The predicted molar refractivity (Wildman–Crippen MR) is 120 cm³/mol. The summed E-state index contributed by atoms with van der Waals surface area (Å²) in [6.07, 6.45) is 0.812. The molecule has 0 saturated carbocycles. The molecule has 1 saturated heterocycles. The van der Waals surface area contributed by atoms with E-state index in [1.807, 2.05) is 6.92 Å². The fourth-order valence-corrected chi connectivity index (χ4v) is 3.78. The summed E-state index contributed by atoms with van der Waals surface area (Å²) in [5, 5.41) is 11.1. The number of halogens is 3. The highest BCUT2D eigenvalue weighted by Crippen LogP contribution is 2.42. The second kappa shape index (κ2) is 9.43. The summed E-state index contributed by atoms with van der Waals surface area (Å²) < 4.78 is 46.6. The van der Waals surface area contributed by atoms with Crippen LogP contribution in [-0.4, -0.2) is 23.4 Å². The molecule has 5 nitrogen and oxygen atoms in total. The molecule has 0 aliphatic carbocycles. The lowest BCUT2D eigenvalue weighted by atomic mass is 9.95. The number of nitrogens with zero attached hydrogens (tertiary/aromatic N) is 1. The molecule has 0 aromatic heterocycles. The minimum Gasteiger partial charge on any atom is -0.507 e. The first-order chi connectivity index (χ1) is 16.3. The standard InChI is InChI=1S/C26H20F3NO4/c1-2-13-34-19-10-5-16(6-11-19)24(31)22-23(15-3-7-17(27)8-4-15)30(26(33)25(22)32)18-9-12-20(28)21(29)14-18/h3-12,14,23,31H,2,13H2,1H3/b24-22+. The Balaban J connectivity index is 1.85. The zero-order chi connectivity index (χ0) is 24.4. The summed E-state index contributed by atoms with van der Waals surface area (Å²) in [7, 11) is 0. The zero-order valence-corrected chi connectivity index (χ0v) is 18.1. The third-order valence-electron chi connectivity index (χ3n) is 5.41. The zero-order valence-electron chi connectivity index (χ0n) is 18.1. The number of benzene rings is 3. The molecule has 34 heavy (non-hydrogen) atoms. The lowest BCUT2D eigenvalue weighted by Gasteiger charge is -2.25. The molecule has 1 aliphatic heterocycles. The van der Waals surface area contributed by atoms with Gasteiger partial charge in [0.05, 0.1) is 18.2 Å². The summed E-state index contributed by atoms with van der Waals surface area (Å²) in [5.41, 5.74) is 0.204. The highest BCUT2D eigenvalue weighted by atomic mass is 19.2. The number of ketones is 1. The molecule has 0 bridgehead atoms. The molecule has 8 heteroatoms. The van der Waals surface area contributed by atoms with Gasteiger partial charge in [0.1, 0.15) is 17.3 Å². The monoisotopic (exact) mass is 467 g/mol. The Hall–Kier alpha value is -4.07. The van der Waals surface area contributed by atoms with Crippen molar-refractivity contribution < 1.29 is 32.6 Å². The Morgan fingerprint density at radius 1 is 0.941 bits per heavy atom. The maximum atomic E-state index is 14.0. The fraction of sp³-hybridized carbons (Fsp3) is 0.154. The van der Waals surface area contributed by atoms with Crippen molar-refractivity contribution in [2.24, 2.45) is 0 Å². The van der Waals surface area contributed by atoms with Crippen LogP contribution in [-0.2, 0) is 9.59 Å². The van der Waals surface area contributed by atoms with E-state index in [9.17, 15) is 27.9 Å². The molecule has 3 aromatic carbocycles. The van der Waals surface area contributed by atoms with Gasteiger partial charge in [-0.25, -0.2) is 13.2 Å². The van der Waals surface area contributed by atoms with E-state index in [0.717, 1.165) is 41.7 Å². The normalized spacial score (nSPS) is 17.3. The summed E-state index contributed by atoms with van der Waals surface area (Å²) in [4.78, 5) is 27.0. The number of Topliss-reactive ketones (excluding diaryl/α,β-unsaturated/α-hetero) is 1. The first-order valence-corrected chi connectivity index (χ1v) is 10.6. The van der Waals surface area contributed by atoms with E-state index in [-0.39, 0.29) is 16.8 Å². The van der Waals surface area contributed by atoms with Gasteiger partial charge in [0.25, 0.3) is 11.7 Å². The van der Waals surface area contributed by atoms with Crippen LogP contribution in [0.1, 0.15) is 30.5 Å². The van der Waals surface area contributed by atoms with Crippen molar-refractivity contribution >= 4 is 23.1 Å². The second-order valence-corrected chi connectivity index (χ2v) is 7.69. The van der Waals surface area contributed by atoms with Gasteiger partial charge in [-0.1, -0.05) is 19.1 Å². The number of amides is 1. The molecule has 1 amide bonds. The number of carbonyl (C=O) groups excluding carboxylic acids is 2. The van der Waals surface area contributed by atoms with Crippen LogP contribution < -0.4 is 9.64 Å². The molecule has 1 N–H and O–H groups in total. The molecule has 1 atom stereocenters. The number of aliphatic hydroxyl groups is 1. The first kappa shape index (κ1) is 23.1. The summed E-state index contributed by atoms with van der Waals surface area (Å²) in [5.74, 6) is -4.82. The molecule has 1 aliphatic rings. The first-order valence-electron chi connectivity index (χ1n) is 10.6. The number of hydrogen-bond donors (Lipinski definition) is 1. The minimum atomic E-state index is -1.21. The third-order valence-corrected chi connectivity index (χ3v) is 5.41. The van der Waals surface area contributed by atoms with Crippen LogP contribution in [0.5, 0.6) is 5.75 Å². The van der Waals surface area contributed by atoms with Crippen molar-refractivity contribution in [2.75, 3.05) is 11.5 Å². The number of ether oxygens (including phenoxy) is 1. The van der Waals surface area contributed by atoms with Crippen LogP contribution >= 0.6 is 0 Å². The number of carbonyl (C=O) groups is 2. The van der Waals surface area contributed by atoms with Gasteiger partial charge in [-0.2, -0.15) is 0 Å². The van der Waals surface area contributed by atoms with Gasteiger partial charge in [-0.3, -0.25) is 14.5 Å². The van der Waals surface area contributed by atoms with Crippen molar-refractivity contribution in [3.05, 3.63) is 101 Å². The second-order valence-electron chi connectivity index (χ2n) is 7.69. The molecule has 0 radical (unpaired) electrons. The number of aliphatic hydroxyl groups excluding tert-OH is 1. The number of anilines is 1. The van der Waals surface area contributed by atoms with Gasteiger partial charge in [-0.05, 0) is 60.5 Å². The Labute approximate surface area is 193 Å². The van der Waals surface area contributed by atoms with Crippen molar-refractivity contribution in [3.8, 4) is 5.75 Å². The van der Waals surface area contributed by atoms with Gasteiger partial charge < -0.3 is 9.84 Å². The van der Waals surface area contributed by atoms with Crippen molar-refractivity contribution in [2.45, 2.75) is 19.4 Å². The molecular weight excluding hydrogens is 447 g/mol. The van der Waals surface area contributed by atoms with E-state index in [1.54, 1.807) is 12.1 Å². The van der Waals surface area contributed by atoms with Gasteiger partial charge in [-0.15, -0.1) is 0 Å². The Morgan fingerprint density at radius 2 is 1.62 bits per heavy atom. The van der Waals surface area contributed by atoms with Crippen LogP contribution in [0.3, 0.4) is 0 Å². The average molecular weight is 467 g/mol. The smallest absolute Gasteiger partial charge is 0.300 e. The molecule has 1 fully saturated rings. The fourth-order valence-electron chi connectivity index (χ4n) is 3.78. The summed E-state index contributed by atoms with van der Waals surface area (Å²) in [6.45, 7) is 2.47. The number of hydrogen-bond acceptors (Lipinski definition) is 4. The van der Waals surface area contributed by atoms with Gasteiger partial charge in [0, 0.05) is 17.3 Å². The number of rotatable bonds is 6.